The minimum atomic E-state index is -0.306. The third kappa shape index (κ3) is 3.56. The molecule has 4 nitrogen and oxygen atoms in total. The second kappa shape index (κ2) is 6.19. The van der Waals surface area contributed by atoms with E-state index in [0.717, 1.165) is 6.42 Å². The van der Waals surface area contributed by atoms with Gasteiger partial charge in [0.1, 0.15) is 0 Å². The van der Waals surface area contributed by atoms with Crippen LogP contribution in [0, 0.1) is 11.8 Å². The Morgan fingerprint density at radius 2 is 2.21 bits per heavy atom. The molecule has 1 aliphatic rings. The minimum absolute atomic E-state index is 0.272. The molecule has 1 aliphatic carbocycles. The Balaban J connectivity index is 1.86. The lowest BCUT2D eigenvalue weighted by Crippen LogP contribution is -2.49. The summed E-state index contributed by atoms with van der Waals surface area (Å²) in [6, 6.07) is 3.63. The van der Waals surface area contributed by atoms with Gasteiger partial charge in [0.15, 0.2) is 10.9 Å². The maximum atomic E-state index is 11.8. The summed E-state index contributed by atoms with van der Waals surface area (Å²) in [5.74, 6) is 1.22. The lowest BCUT2D eigenvalue weighted by molar-refractivity contribution is 0.0948. The first kappa shape index (κ1) is 14.1. The van der Waals surface area contributed by atoms with Crippen LogP contribution in [-0.4, -0.2) is 17.1 Å². The smallest absolute Gasteiger partial charge is 0.293 e. The first-order valence-electron chi connectivity index (χ1n) is 6.73. The van der Waals surface area contributed by atoms with Gasteiger partial charge in [-0.25, -0.2) is 0 Å². The van der Waals surface area contributed by atoms with Crippen LogP contribution in [0.3, 0.4) is 0 Å². The van der Waals surface area contributed by atoms with Gasteiger partial charge in [-0.05, 0) is 42.6 Å². The Hall–Kier alpha value is -1.36. The van der Waals surface area contributed by atoms with Gasteiger partial charge in [-0.15, -0.1) is 0 Å². The summed E-state index contributed by atoms with van der Waals surface area (Å²) in [6.07, 6.45) is 5.04. The van der Waals surface area contributed by atoms with Crippen LogP contribution in [0.2, 0.25) is 0 Å². The first-order chi connectivity index (χ1) is 9.08. The normalized spacial score (nSPS) is 26.7. The molecule has 0 radical (unpaired) electrons. The van der Waals surface area contributed by atoms with Gasteiger partial charge in [0.2, 0.25) is 0 Å². The first-order valence-corrected chi connectivity index (χ1v) is 7.14. The minimum Gasteiger partial charge on any atom is -0.459 e. The lowest BCUT2D eigenvalue weighted by atomic mass is 9.78. The SMILES string of the molecule is C[C@@H]1[C@@H](C)CCC[C@H]1NC(=S)NC(=O)c1ccco1. The zero-order valence-corrected chi connectivity index (χ0v) is 12.1. The number of amides is 1. The van der Waals surface area contributed by atoms with E-state index in [1.165, 1.54) is 19.1 Å². The summed E-state index contributed by atoms with van der Waals surface area (Å²) in [7, 11) is 0. The molecule has 0 bridgehead atoms. The van der Waals surface area contributed by atoms with Crippen LogP contribution < -0.4 is 10.6 Å². The number of carbonyl (C=O) groups is 1. The number of carbonyl (C=O) groups excluding carboxylic acids is 1. The van der Waals surface area contributed by atoms with E-state index in [2.05, 4.69) is 24.5 Å². The van der Waals surface area contributed by atoms with Crippen molar-refractivity contribution in [3.8, 4) is 0 Å². The predicted octanol–water partition coefficient (Wildman–Crippen LogP) is 2.71. The molecule has 1 heterocycles. The Kier molecular flexibility index (Phi) is 4.58. The van der Waals surface area contributed by atoms with Crippen molar-refractivity contribution in [2.45, 2.75) is 39.2 Å². The second-order valence-corrected chi connectivity index (χ2v) is 5.69. The number of thiocarbonyl (C=S) groups is 1. The highest BCUT2D eigenvalue weighted by Gasteiger charge is 2.27. The van der Waals surface area contributed by atoms with Gasteiger partial charge in [-0.1, -0.05) is 26.7 Å². The van der Waals surface area contributed by atoms with Gasteiger partial charge in [-0.3, -0.25) is 10.1 Å². The Bertz CT molecular complexity index is 444. The zero-order valence-electron chi connectivity index (χ0n) is 11.3. The van der Waals surface area contributed by atoms with Crippen LogP contribution in [0.1, 0.15) is 43.7 Å². The molecule has 0 aliphatic heterocycles. The topological polar surface area (TPSA) is 54.3 Å². The zero-order chi connectivity index (χ0) is 13.8. The third-order valence-corrected chi connectivity index (χ3v) is 4.22. The van der Waals surface area contributed by atoms with E-state index in [1.54, 1.807) is 12.1 Å². The molecule has 1 aromatic heterocycles. The van der Waals surface area contributed by atoms with Gasteiger partial charge in [0.05, 0.1) is 6.26 Å². The Morgan fingerprint density at radius 3 is 2.89 bits per heavy atom. The maximum Gasteiger partial charge on any atom is 0.293 e. The van der Waals surface area contributed by atoms with Crippen molar-refractivity contribution >= 4 is 23.2 Å². The van der Waals surface area contributed by atoms with Gasteiger partial charge >= 0.3 is 0 Å². The lowest BCUT2D eigenvalue weighted by Gasteiger charge is -2.35. The van der Waals surface area contributed by atoms with Crippen molar-refractivity contribution in [2.75, 3.05) is 0 Å². The molecule has 0 spiro atoms. The van der Waals surface area contributed by atoms with Crippen LogP contribution in [0.5, 0.6) is 0 Å². The number of rotatable bonds is 2. The van der Waals surface area contributed by atoms with Crippen molar-refractivity contribution in [1.29, 1.82) is 0 Å². The van der Waals surface area contributed by atoms with Crippen LogP contribution in [0.25, 0.3) is 0 Å². The molecule has 2 N–H and O–H groups in total. The molecule has 1 aromatic rings. The van der Waals surface area contributed by atoms with E-state index >= 15 is 0 Å². The maximum absolute atomic E-state index is 11.8. The van der Waals surface area contributed by atoms with E-state index in [9.17, 15) is 4.79 Å². The number of hydrogen-bond acceptors (Lipinski definition) is 3. The van der Waals surface area contributed by atoms with Crippen LogP contribution >= 0.6 is 12.2 Å². The molecular weight excluding hydrogens is 260 g/mol. The second-order valence-electron chi connectivity index (χ2n) is 5.28. The monoisotopic (exact) mass is 280 g/mol. The average molecular weight is 280 g/mol. The summed E-state index contributed by atoms with van der Waals surface area (Å²) < 4.78 is 5.02. The number of furan rings is 1. The molecule has 0 aromatic carbocycles. The Morgan fingerprint density at radius 1 is 1.42 bits per heavy atom. The van der Waals surface area contributed by atoms with Gasteiger partial charge in [0.25, 0.3) is 5.91 Å². The molecule has 0 unspecified atom stereocenters. The fourth-order valence-corrected chi connectivity index (χ4v) is 2.81. The fourth-order valence-electron chi connectivity index (χ4n) is 2.56. The largest absolute Gasteiger partial charge is 0.459 e. The molecule has 1 amide bonds. The molecule has 1 saturated carbocycles. The van der Waals surface area contributed by atoms with E-state index in [1.807, 2.05) is 0 Å². The van der Waals surface area contributed by atoms with Crippen LogP contribution in [0.15, 0.2) is 22.8 Å². The molecule has 104 valence electrons. The van der Waals surface area contributed by atoms with Gasteiger partial charge < -0.3 is 9.73 Å². The molecular formula is C14H20N2O2S. The molecule has 19 heavy (non-hydrogen) atoms. The highest BCUT2D eigenvalue weighted by Crippen LogP contribution is 2.29. The van der Waals surface area contributed by atoms with Gasteiger partial charge in [0, 0.05) is 6.04 Å². The number of nitrogens with one attached hydrogen (secondary N) is 2. The summed E-state index contributed by atoms with van der Waals surface area (Å²) in [5, 5.41) is 6.28. The highest BCUT2D eigenvalue weighted by atomic mass is 32.1. The van der Waals surface area contributed by atoms with E-state index in [-0.39, 0.29) is 11.7 Å². The summed E-state index contributed by atoms with van der Waals surface area (Å²) in [6.45, 7) is 4.50. The summed E-state index contributed by atoms with van der Waals surface area (Å²) >= 11 is 5.19. The summed E-state index contributed by atoms with van der Waals surface area (Å²) in [4.78, 5) is 11.8. The third-order valence-electron chi connectivity index (χ3n) is 4.00. The average Bonchev–Trinajstić information content (AvgIpc) is 2.88. The fraction of sp³-hybridized carbons (Fsp3) is 0.571. The molecule has 0 saturated heterocycles. The van der Waals surface area contributed by atoms with Crippen molar-refractivity contribution < 1.29 is 9.21 Å². The number of hydrogen-bond donors (Lipinski definition) is 2. The van der Waals surface area contributed by atoms with E-state index in [0.29, 0.717) is 23.0 Å². The molecule has 1 fully saturated rings. The van der Waals surface area contributed by atoms with Crippen LogP contribution in [-0.2, 0) is 0 Å². The molecule has 3 atom stereocenters. The van der Waals surface area contributed by atoms with E-state index < -0.39 is 0 Å². The summed E-state index contributed by atoms with van der Waals surface area (Å²) in [5.41, 5.74) is 0. The van der Waals surface area contributed by atoms with Crippen LogP contribution in [0.4, 0.5) is 0 Å². The Labute approximate surface area is 118 Å². The van der Waals surface area contributed by atoms with Crippen molar-refractivity contribution in [2.24, 2.45) is 11.8 Å². The molecule has 2 rings (SSSR count). The van der Waals surface area contributed by atoms with Gasteiger partial charge in [-0.2, -0.15) is 0 Å². The van der Waals surface area contributed by atoms with Crippen molar-refractivity contribution in [1.82, 2.24) is 10.6 Å². The van der Waals surface area contributed by atoms with E-state index in [4.69, 9.17) is 16.6 Å². The quantitative estimate of drug-likeness (QED) is 0.818. The predicted molar refractivity (Wildman–Crippen MR) is 77.9 cm³/mol. The standard InChI is InChI=1S/C14H20N2O2S/c1-9-5-3-6-11(10(9)2)15-14(19)16-13(17)12-7-4-8-18-12/h4,7-11H,3,5-6H2,1-2H3,(H2,15,16,17,19)/t9-,10+,11+/m0/s1. The molecule has 5 heteroatoms. The van der Waals surface area contributed by atoms with Crippen molar-refractivity contribution in [3.63, 3.8) is 0 Å². The van der Waals surface area contributed by atoms with Crippen molar-refractivity contribution in [3.05, 3.63) is 24.2 Å². The highest BCUT2D eigenvalue weighted by molar-refractivity contribution is 7.80.